The monoisotopic (exact) mass is 302 g/mol. The molecule has 0 saturated carbocycles. The molecule has 0 spiro atoms. The fourth-order valence-electron chi connectivity index (χ4n) is 2.85. The van der Waals surface area contributed by atoms with Crippen molar-refractivity contribution in [3.8, 4) is 0 Å². The zero-order valence-electron chi connectivity index (χ0n) is 14.3. The van der Waals surface area contributed by atoms with Crippen LogP contribution in [0.15, 0.2) is 24.3 Å². The first-order valence-corrected chi connectivity index (χ1v) is 8.53. The molecule has 1 aliphatic rings. The molecule has 1 aromatic carbocycles. The molecule has 3 heteroatoms. The fraction of sp³-hybridized carbons (Fsp3) is 0.632. The predicted molar refractivity (Wildman–Crippen MR) is 91.9 cm³/mol. The Hall–Kier alpha value is -1.35. The van der Waals surface area contributed by atoms with Gasteiger partial charge in [-0.2, -0.15) is 0 Å². The van der Waals surface area contributed by atoms with Gasteiger partial charge in [0.25, 0.3) is 0 Å². The molecule has 0 unspecified atom stereocenters. The first kappa shape index (κ1) is 17.0. The Balaban J connectivity index is 1.71. The van der Waals surface area contributed by atoms with Crippen LogP contribution >= 0.6 is 0 Å². The lowest BCUT2D eigenvalue weighted by Crippen LogP contribution is -2.34. The minimum Gasteiger partial charge on any atom is -0.352 e. The Morgan fingerprint density at radius 2 is 1.73 bits per heavy atom. The van der Waals surface area contributed by atoms with Crippen molar-refractivity contribution in [2.75, 3.05) is 19.6 Å². The quantitative estimate of drug-likeness (QED) is 0.903. The molecule has 1 amide bonds. The van der Waals surface area contributed by atoms with E-state index < -0.39 is 0 Å². The van der Waals surface area contributed by atoms with Crippen LogP contribution in [-0.2, 0) is 16.8 Å². The molecule has 0 aliphatic carbocycles. The van der Waals surface area contributed by atoms with Gasteiger partial charge in [0.2, 0.25) is 5.91 Å². The van der Waals surface area contributed by atoms with Crippen LogP contribution in [0.1, 0.15) is 57.6 Å². The molecule has 0 radical (unpaired) electrons. The van der Waals surface area contributed by atoms with E-state index in [-0.39, 0.29) is 11.3 Å². The van der Waals surface area contributed by atoms with E-state index in [1.165, 1.54) is 30.4 Å². The van der Waals surface area contributed by atoms with Crippen molar-refractivity contribution in [1.29, 1.82) is 0 Å². The highest BCUT2D eigenvalue weighted by Crippen LogP contribution is 2.22. The van der Waals surface area contributed by atoms with Crippen molar-refractivity contribution >= 4 is 5.91 Å². The normalized spacial score (nSPS) is 16.5. The Morgan fingerprint density at radius 1 is 1.09 bits per heavy atom. The summed E-state index contributed by atoms with van der Waals surface area (Å²) < 4.78 is 0. The summed E-state index contributed by atoms with van der Waals surface area (Å²) >= 11 is 0. The van der Waals surface area contributed by atoms with Crippen molar-refractivity contribution in [3.63, 3.8) is 0 Å². The number of amides is 1. The molecule has 1 fully saturated rings. The van der Waals surface area contributed by atoms with Crippen molar-refractivity contribution < 1.29 is 4.79 Å². The number of nitrogens with zero attached hydrogens (tertiary/aromatic N) is 1. The van der Waals surface area contributed by atoms with Crippen LogP contribution < -0.4 is 5.32 Å². The van der Waals surface area contributed by atoms with Gasteiger partial charge in [-0.1, -0.05) is 51.5 Å². The second-order valence-electron chi connectivity index (χ2n) is 7.38. The molecule has 1 saturated heterocycles. The largest absolute Gasteiger partial charge is 0.352 e. The van der Waals surface area contributed by atoms with Crippen molar-refractivity contribution in [2.45, 2.75) is 58.4 Å². The molecule has 2 rings (SSSR count). The van der Waals surface area contributed by atoms with Gasteiger partial charge in [-0.05, 0) is 42.5 Å². The highest BCUT2D eigenvalue weighted by atomic mass is 16.1. The Labute approximate surface area is 135 Å². The van der Waals surface area contributed by atoms with E-state index in [0.717, 1.165) is 19.6 Å². The molecule has 1 aliphatic heterocycles. The Bertz CT molecular complexity index is 467. The number of benzene rings is 1. The average Bonchev–Trinajstić information content (AvgIpc) is 2.51. The van der Waals surface area contributed by atoms with Gasteiger partial charge in [-0.15, -0.1) is 0 Å². The van der Waals surface area contributed by atoms with Gasteiger partial charge in [0, 0.05) is 19.5 Å². The maximum absolute atomic E-state index is 11.9. The van der Waals surface area contributed by atoms with E-state index in [4.69, 9.17) is 0 Å². The molecule has 0 aromatic heterocycles. The molecule has 3 nitrogen and oxygen atoms in total. The number of hydrogen-bond donors (Lipinski definition) is 1. The summed E-state index contributed by atoms with van der Waals surface area (Å²) in [6, 6.07) is 8.56. The molecule has 1 N–H and O–H groups in total. The van der Waals surface area contributed by atoms with Crippen molar-refractivity contribution in [2.24, 2.45) is 0 Å². The molecular formula is C19H30N2O. The van der Waals surface area contributed by atoms with Crippen LogP contribution in [-0.4, -0.2) is 30.4 Å². The molecule has 22 heavy (non-hydrogen) atoms. The van der Waals surface area contributed by atoms with Gasteiger partial charge in [0.15, 0.2) is 0 Å². The third-order valence-electron chi connectivity index (χ3n) is 4.41. The number of piperidine rings is 1. The van der Waals surface area contributed by atoms with E-state index in [1.54, 1.807) is 0 Å². The summed E-state index contributed by atoms with van der Waals surface area (Å²) in [6.07, 6.45) is 4.51. The summed E-state index contributed by atoms with van der Waals surface area (Å²) in [4.78, 5) is 14.4. The second kappa shape index (κ2) is 7.77. The SMILES string of the molecule is CC(C)(C)c1ccc(CNC(=O)CCN2CCCCC2)cc1. The first-order valence-electron chi connectivity index (χ1n) is 8.53. The lowest BCUT2D eigenvalue weighted by molar-refractivity contribution is -0.121. The maximum Gasteiger partial charge on any atom is 0.221 e. The summed E-state index contributed by atoms with van der Waals surface area (Å²) in [5.74, 6) is 0.158. The number of carbonyl (C=O) groups excluding carboxylic acids is 1. The minimum absolute atomic E-state index is 0.158. The van der Waals surface area contributed by atoms with E-state index in [1.807, 2.05) is 0 Å². The van der Waals surface area contributed by atoms with Crippen LogP contribution in [0.3, 0.4) is 0 Å². The molecular weight excluding hydrogens is 272 g/mol. The van der Waals surface area contributed by atoms with Gasteiger partial charge in [0.05, 0.1) is 0 Å². The van der Waals surface area contributed by atoms with E-state index in [0.29, 0.717) is 13.0 Å². The third-order valence-corrected chi connectivity index (χ3v) is 4.41. The highest BCUT2D eigenvalue weighted by Gasteiger charge is 2.13. The van der Waals surface area contributed by atoms with Crippen molar-refractivity contribution in [3.05, 3.63) is 35.4 Å². The van der Waals surface area contributed by atoms with E-state index >= 15 is 0 Å². The Morgan fingerprint density at radius 3 is 2.32 bits per heavy atom. The zero-order chi connectivity index (χ0) is 16.0. The second-order valence-corrected chi connectivity index (χ2v) is 7.38. The topological polar surface area (TPSA) is 32.3 Å². The third kappa shape index (κ3) is 5.45. The number of likely N-dealkylation sites (tertiary alicyclic amines) is 1. The lowest BCUT2D eigenvalue weighted by Gasteiger charge is -2.25. The number of hydrogen-bond acceptors (Lipinski definition) is 2. The summed E-state index contributed by atoms with van der Waals surface area (Å²) in [7, 11) is 0. The summed E-state index contributed by atoms with van der Waals surface area (Å²) in [5, 5.41) is 3.03. The van der Waals surface area contributed by atoms with Crippen LogP contribution in [0.4, 0.5) is 0 Å². The van der Waals surface area contributed by atoms with Gasteiger partial charge in [-0.3, -0.25) is 4.79 Å². The van der Waals surface area contributed by atoms with Crippen LogP contribution in [0.25, 0.3) is 0 Å². The average molecular weight is 302 g/mol. The lowest BCUT2D eigenvalue weighted by atomic mass is 9.87. The molecule has 0 bridgehead atoms. The summed E-state index contributed by atoms with van der Waals surface area (Å²) in [5.41, 5.74) is 2.67. The van der Waals surface area contributed by atoms with Crippen LogP contribution in [0.2, 0.25) is 0 Å². The van der Waals surface area contributed by atoms with E-state index in [9.17, 15) is 4.79 Å². The standard InChI is InChI=1S/C19H30N2O/c1-19(2,3)17-9-7-16(8-10-17)15-20-18(22)11-14-21-12-5-4-6-13-21/h7-10H,4-6,11-15H2,1-3H3,(H,20,22). The molecule has 0 atom stereocenters. The van der Waals surface area contributed by atoms with Crippen LogP contribution in [0.5, 0.6) is 0 Å². The number of carbonyl (C=O) groups is 1. The number of rotatable bonds is 5. The summed E-state index contributed by atoms with van der Waals surface area (Å²) in [6.45, 7) is 10.5. The molecule has 122 valence electrons. The Kier molecular flexibility index (Phi) is 6.01. The minimum atomic E-state index is 0.158. The van der Waals surface area contributed by atoms with E-state index in [2.05, 4.69) is 55.3 Å². The molecule has 1 aromatic rings. The first-order chi connectivity index (χ1) is 10.4. The van der Waals surface area contributed by atoms with Gasteiger partial charge in [-0.25, -0.2) is 0 Å². The van der Waals surface area contributed by atoms with Gasteiger partial charge in [0.1, 0.15) is 0 Å². The highest BCUT2D eigenvalue weighted by molar-refractivity contribution is 5.76. The predicted octanol–water partition coefficient (Wildman–Crippen LogP) is 3.48. The van der Waals surface area contributed by atoms with Crippen molar-refractivity contribution in [1.82, 2.24) is 10.2 Å². The van der Waals surface area contributed by atoms with Gasteiger partial charge < -0.3 is 10.2 Å². The number of nitrogens with one attached hydrogen (secondary N) is 1. The fourth-order valence-corrected chi connectivity index (χ4v) is 2.85. The van der Waals surface area contributed by atoms with Crippen LogP contribution in [0, 0.1) is 0 Å². The smallest absolute Gasteiger partial charge is 0.221 e. The van der Waals surface area contributed by atoms with Gasteiger partial charge >= 0.3 is 0 Å². The molecule has 1 heterocycles. The maximum atomic E-state index is 11.9. The zero-order valence-corrected chi connectivity index (χ0v) is 14.3.